The van der Waals surface area contributed by atoms with E-state index in [1.165, 1.54) is 11.1 Å². The number of aryl methyl sites for hydroxylation is 1. The fraction of sp³-hybridized carbons (Fsp3) is 0.538. The van der Waals surface area contributed by atoms with Crippen molar-refractivity contribution in [1.29, 1.82) is 0 Å². The molecule has 0 aromatic heterocycles. The zero-order chi connectivity index (χ0) is 12.3. The van der Waals surface area contributed by atoms with Crippen molar-refractivity contribution >= 4 is 11.0 Å². The van der Waals surface area contributed by atoms with Gasteiger partial charge in [0.2, 0.25) is 0 Å². The molecule has 0 spiro atoms. The van der Waals surface area contributed by atoms with Crippen molar-refractivity contribution in [2.75, 3.05) is 0 Å². The smallest absolute Gasteiger partial charge is 0.0975 e. The highest BCUT2D eigenvalue weighted by molar-refractivity contribution is 7.84. The zero-order valence-electron chi connectivity index (χ0n) is 10.7. The highest BCUT2D eigenvalue weighted by Gasteiger charge is 2.21. The summed E-state index contributed by atoms with van der Waals surface area (Å²) in [6.45, 7) is 10.0. The Hall–Kier alpha value is -0.670. The molecule has 0 radical (unpaired) electrons. The Morgan fingerprint density at radius 2 is 1.81 bits per heavy atom. The molecule has 3 heteroatoms. The summed E-state index contributed by atoms with van der Waals surface area (Å²) in [5, 5.41) is 0. The van der Waals surface area contributed by atoms with E-state index < -0.39 is 11.0 Å². The van der Waals surface area contributed by atoms with Crippen LogP contribution < -0.4 is 4.72 Å². The maximum absolute atomic E-state index is 12.0. The number of rotatable bonds is 3. The molecule has 1 aromatic carbocycles. The van der Waals surface area contributed by atoms with Crippen molar-refractivity contribution in [3.8, 4) is 0 Å². The van der Waals surface area contributed by atoms with E-state index in [2.05, 4.69) is 23.8 Å². The molecule has 0 saturated carbocycles. The first-order chi connectivity index (χ1) is 7.32. The maximum Gasteiger partial charge on any atom is 0.0975 e. The summed E-state index contributed by atoms with van der Waals surface area (Å²) in [7, 11) is -1.03. The van der Waals surface area contributed by atoms with Gasteiger partial charge in [-0.05, 0) is 45.7 Å². The Labute approximate surface area is 101 Å². The number of hydrogen-bond donors (Lipinski definition) is 1. The Morgan fingerprint density at radius 1 is 1.25 bits per heavy atom. The van der Waals surface area contributed by atoms with Crippen LogP contribution in [0, 0.1) is 6.92 Å². The van der Waals surface area contributed by atoms with E-state index in [9.17, 15) is 4.21 Å². The third-order valence-electron chi connectivity index (χ3n) is 2.49. The van der Waals surface area contributed by atoms with Crippen LogP contribution in [0.25, 0.3) is 0 Å². The lowest BCUT2D eigenvalue weighted by atomic mass is 10.0. The van der Waals surface area contributed by atoms with Crippen LogP contribution in [0.4, 0.5) is 0 Å². The first kappa shape index (κ1) is 13.4. The van der Waals surface area contributed by atoms with E-state index in [1.54, 1.807) is 0 Å². The predicted octanol–water partition coefficient (Wildman–Crippen LogP) is 3.11. The van der Waals surface area contributed by atoms with Gasteiger partial charge in [-0.1, -0.05) is 24.3 Å². The zero-order valence-corrected chi connectivity index (χ0v) is 11.5. The molecule has 0 aliphatic heterocycles. The van der Waals surface area contributed by atoms with Crippen LogP contribution in [0.3, 0.4) is 0 Å². The van der Waals surface area contributed by atoms with Crippen molar-refractivity contribution in [3.63, 3.8) is 0 Å². The van der Waals surface area contributed by atoms with Crippen LogP contribution in [0.2, 0.25) is 0 Å². The molecule has 0 saturated heterocycles. The first-order valence-corrected chi connectivity index (χ1v) is 6.71. The molecule has 1 rings (SSSR count). The summed E-state index contributed by atoms with van der Waals surface area (Å²) in [4.78, 5) is 0. The second-order valence-corrected chi connectivity index (χ2v) is 7.08. The van der Waals surface area contributed by atoms with E-state index in [0.717, 1.165) is 0 Å². The van der Waals surface area contributed by atoms with E-state index >= 15 is 0 Å². The monoisotopic (exact) mass is 239 g/mol. The minimum absolute atomic E-state index is 0.112. The summed E-state index contributed by atoms with van der Waals surface area (Å²) in [5.41, 5.74) is 2.44. The third-order valence-corrected chi connectivity index (χ3v) is 4.17. The summed E-state index contributed by atoms with van der Waals surface area (Å²) >= 11 is 0. The van der Waals surface area contributed by atoms with E-state index in [4.69, 9.17) is 0 Å². The van der Waals surface area contributed by atoms with Gasteiger partial charge in [0.05, 0.1) is 15.7 Å². The molecule has 16 heavy (non-hydrogen) atoms. The van der Waals surface area contributed by atoms with Gasteiger partial charge < -0.3 is 0 Å². The summed E-state index contributed by atoms with van der Waals surface area (Å²) in [6, 6.07) is 8.30. The molecule has 0 heterocycles. The molecule has 0 bridgehead atoms. The quantitative estimate of drug-likeness (QED) is 0.862. The molecule has 0 unspecified atom stereocenters. The fourth-order valence-electron chi connectivity index (χ4n) is 1.47. The van der Waals surface area contributed by atoms with Crippen LogP contribution in [0.1, 0.15) is 44.9 Å². The van der Waals surface area contributed by atoms with Gasteiger partial charge in [0.15, 0.2) is 0 Å². The molecule has 0 aliphatic rings. The van der Waals surface area contributed by atoms with Gasteiger partial charge >= 0.3 is 0 Å². The van der Waals surface area contributed by atoms with Crippen molar-refractivity contribution in [3.05, 3.63) is 35.4 Å². The van der Waals surface area contributed by atoms with E-state index in [1.807, 2.05) is 39.8 Å². The van der Waals surface area contributed by atoms with Crippen molar-refractivity contribution < 1.29 is 4.21 Å². The Balaban J connectivity index is 2.78. The van der Waals surface area contributed by atoms with E-state index in [-0.39, 0.29) is 10.8 Å². The van der Waals surface area contributed by atoms with Gasteiger partial charge in [0, 0.05) is 6.04 Å². The summed E-state index contributed by atoms with van der Waals surface area (Å²) < 4.78 is 14.9. The van der Waals surface area contributed by atoms with Crippen molar-refractivity contribution in [2.45, 2.75) is 45.4 Å². The lowest BCUT2D eigenvalue weighted by Crippen LogP contribution is -2.35. The van der Waals surface area contributed by atoms with Gasteiger partial charge in [0.25, 0.3) is 0 Å². The number of hydrogen-bond acceptors (Lipinski definition) is 1. The van der Waals surface area contributed by atoms with Crippen LogP contribution in [0.15, 0.2) is 24.3 Å². The molecule has 1 aromatic rings. The molecule has 90 valence electrons. The topological polar surface area (TPSA) is 29.1 Å². The van der Waals surface area contributed by atoms with Crippen LogP contribution in [-0.4, -0.2) is 8.96 Å². The molecule has 1 N–H and O–H groups in total. The lowest BCUT2D eigenvalue weighted by molar-refractivity contribution is 0.615. The Morgan fingerprint density at radius 3 is 2.31 bits per heavy atom. The average Bonchev–Trinajstić information content (AvgIpc) is 2.16. The standard InChI is InChI=1S/C13H21NOS/c1-10-8-6-7-9-12(10)11(2)14-16(15)13(3,4)5/h6-9,11,14H,1-5H3/t11-,16+/m0/s1. The van der Waals surface area contributed by atoms with E-state index in [0.29, 0.717) is 0 Å². The SMILES string of the molecule is Cc1ccccc1[C@H](C)N[S@](=O)C(C)(C)C. The molecule has 0 amide bonds. The van der Waals surface area contributed by atoms with Crippen LogP contribution >= 0.6 is 0 Å². The normalized spacial score (nSPS) is 15.8. The lowest BCUT2D eigenvalue weighted by Gasteiger charge is -2.23. The van der Waals surface area contributed by atoms with Crippen LogP contribution in [0.5, 0.6) is 0 Å². The van der Waals surface area contributed by atoms with Gasteiger partial charge in [-0.15, -0.1) is 0 Å². The van der Waals surface area contributed by atoms with Gasteiger partial charge in [0.1, 0.15) is 0 Å². The van der Waals surface area contributed by atoms with Gasteiger partial charge in [-0.25, -0.2) is 8.93 Å². The number of nitrogens with one attached hydrogen (secondary N) is 1. The largest absolute Gasteiger partial charge is 0.242 e. The summed E-state index contributed by atoms with van der Waals surface area (Å²) in [5.74, 6) is 0. The first-order valence-electron chi connectivity index (χ1n) is 5.56. The molecular weight excluding hydrogens is 218 g/mol. The minimum Gasteiger partial charge on any atom is -0.242 e. The fourth-order valence-corrected chi connectivity index (χ4v) is 2.28. The third kappa shape index (κ3) is 3.42. The van der Waals surface area contributed by atoms with Crippen molar-refractivity contribution in [2.24, 2.45) is 0 Å². The van der Waals surface area contributed by atoms with Crippen molar-refractivity contribution in [1.82, 2.24) is 4.72 Å². The number of benzene rings is 1. The van der Waals surface area contributed by atoms with Gasteiger partial charge in [-0.3, -0.25) is 0 Å². The minimum atomic E-state index is -1.03. The maximum atomic E-state index is 12.0. The highest BCUT2D eigenvalue weighted by Crippen LogP contribution is 2.19. The molecular formula is C13H21NOS. The Kier molecular flexibility index (Phi) is 4.28. The summed E-state index contributed by atoms with van der Waals surface area (Å²) in [6.07, 6.45) is 0. The average molecular weight is 239 g/mol. The second-order valence-electron chi connectivity index (χ2n) is 5.08. The molecule has 0 fully saturated rings. The molecule has 0 aliphatic carbocycles. The Bertz CT molecular complexity index is 382. The van der Waals surface area contributed by atoms with Crippen LogP contribution in [-0.2, 0) is 11.0 Å². The predicted molar refractivity (Wildman–Crippen MR) is 70.6 cm³/mol. The molecule has 2 nitrogen and oxygen atoms in total. The second kappa shape index (κ2) is 5.11. The van der Waals surface area contributed by atoms with Gasteiger partial charge in [-0.2, -0.15) is 0 Å². The molecule has 2 atom stereocenters. The highest BCUT2D eigenvalue weighted by atomic mass is 32.2.